The summed E-state index contributed by atoms with van der Waals surface area (Å²) in [5, 5.41) is 5.26. The van der Waals surface area contributed by atoms with E-state index in [9.17, 15) is 4.79 Å². The average molecular weight is 168 g/mol. The average Bonchev–Trinajstić information content (AvgIpc) is 2.46. The van der Waals surface area contributed by atoms with Crippen LogP contribution in [0.5, 0.6) is 0 Å². The van der Waals surface area contributed by atoms with E-state index in [1.165, 1.54) is 0 Å². The molecule has 1 fully saturated rings. The van der Waals surface area contributed by atoms with Crippen molar-refractivity contribution in [2.24, 2.45) is 5.73 Å². The normalized spacial score (nSPS) is 29.0. The highest BCUT2D eigenvalue weighted by molar-refractivity contribution is 5.91. The van der Waals surface area contributed by atoms with E-state index in [2.05, 4.69) is 10.7 Å². The minimum absolute atomic E-state index is 0.279. The zero-order valence-electron chi connectivity index (χ0n) is 6.71. The van der Waals surface area contributed by atoms with Gasteiger partial charge >= 0.3 is 0 Å². The SMILES string of the molecule is NC(=O)C1=CC2CNCCN2N1. The second-order valence-electron chi connectivity index (χ2n) is 3.02. The zero-order valence-corrected chi connectivity index (χ0v) is 6.71. The van der Waals surface area contributed by atoms with Crippen LogP contribution in [0.4, 0.5) is 0 Å². The van der Waals surface area contributed by atoms with E-state index in [4.69, 9.17) is 5.73 Å². The van der Waals surface area contributed by atoms with Crippen LogP contribution in [0.2, 0.25) is 0 Å². The van der Waals surface area contributed by atoms with Crippen molar-refractivity contribution in [1.82, 2.24) is 15.8 Å². The summed E-state index contributed by atoms with van der Waals surface area (Å²) in [7, 11) is 0. The molecule has 0 aromatic heterocycles. The Morgan fingerprint density at radius 1 is 1.75 bits per heavy atom. The van der Waals surface area contributed by atoms with E-state index in [0.717, 1.165) is 19.6 Å². The standard InChI is InChI=1S/C7H12N4O/c8-7(12)6-3-5-4-9-1-2-11(5)10-6/h3,5,9-10H,1-2,4H2,(H2,8,12). The van der Waals surface area contributed by atoms with Crippen LogP contribution >= 0.6 is 0 Å². The first-order valence-corrected chi connectivity index (χ1v) is 4.03. The van der Waals surface area contributed by atoms with Crippen molar-refractivity contribution in [3.8, 4) is 0 Å². The predicted molar refractivity (Wildman–Crippen MR) is 43.8 cm³/mol. The van der Waals surface area contributed by atoms with E-state index in [1.54, 1.807) is 0 Å². The highest BCUT2D eigenvalue weighted by atomic mass is 16.1. The number of piperazine rings is 1. The molecule has 5 heteroatoms. The number of carbonyl (C=O) groups excluding carboxylic acids is 1. The minimum atomic E-state index is -0.385. The molecule has 0 saturated carbocycles. The fourth-order valence-electron chi connectivity index (χ4n) is 1.53. The van der Waals surface area contributed by atoms with Crippen molar-refractivity contribution < 1.29 is 4.79 Å². The third-order valence-electron chi connectivity index (χ3n) is 2.17. The van der Waals surface area contributed by atoms with Gasteiger partial charge in [0.1, 0.15) is 5.70 Å². The molecule has 0 aliphatic carbocycles. The number of hydrazine groups is 1. The summed E-state index contributed by atoms with van der Waals surface area (Å²) in [5.41, 5.74) is 8.62. The van der Waals surface area contributed by atoms with Gasteiger partial charge in [0.15, 0.2) is 0 Å². The van der Waals surface area contributed by atoms with Gasteiger partial charge in [0.2, 0.25) is 0 Å². The molecule has 5 nitrogen and oxygen atoms in total. The van der Waals surface area contributed by atoms with Gasteiger partial charge in [-0.2, -0.15) is 0 Å². The van der Waals surface area contributed by atoms with Crippen molar-refractivity contribution in [1.29, 1.82) is 0 Å². The van der Waals surface area contributed by atoms with Gasteiger partial charge in [0.25, 0.3) is 5.91 Å². The number of primary amides is 1. The Labute approximate surface area is 70.6 Å². The summed E-state index contributed by atoms with van der Waals surface area (Å²) in [6.45, 7) is 2.73. The molecular weight excluding hydrogens is 156 g/mol. The molecule has 2 aliphatic rings. The molecule has 1 unspecified atom stereocenters. The number of fused-ring (bicyclic) bond motifs is 1. The number of rotatable bonds is 1. The molecule has 0 aromatic carbocycles. The Kier molecular flexibility index (Phi) is 1.74. The second kappa shape index (κ2) is 2.76. The van der Waals surface area contributed by atoms with Crippen molar-refractivity contribution in [3.63, 3.8) is 0 Å². The molecule has 1 saturated heterocycles. The number of nitrogens with one attached hydrogen (secondary N) is 2. The van der Waals surface area contributed by atoms with E-state index in [-0.39, 0.29) is 11.9 Å². The van der Waals surface area contributed by atoms with Gasteiger partial charge in [-0.15, -0.1) is 0 Å². The van der Waals surface area contributed by atoms with E-state index in [0.29, 0.717) is 5.70 Å². The number of carbonyl (C=O) groups is 1. The highest BCUT2D eigenvalue weighted by Gasteiger charge is 2.28. The molecule has 0 bridgehead atoms. The molecule has 1 atom stereocenters. The maximum atomic E-state index is 10.8. The maximum absolute atomic E-state index is 10.8. The fourth-order valence-corrected chi connectivity index (χ4v) is 1.53. The summed E-state index contributed by atoms with van der Waals surface area (Å²) in [5.74, 6) is -0.385. The molecule has 0 aromatic rings. The smallest absolute Gasteiger partial charge is 0.265 e. The van der Waals surface area contributed by atoms with Gasteiger partial charge < -0.3 is 16.5 Å². The van der Waals surface area contributed by atoms with Gasteiger partial charge in [0.05, 0.1) is 6.04 Å². The lowest BCUT2D eigenvalue weighted by atomic mass is 10.2. The van der Waals surface area contributed by atoms with Crippen molar-refractivity contribution in [3.05, 3.63) is 11.8 Å². The van der Waals surface area contributed by atoms with Gasteiger partial charge in [-0.25, -0.2) is 5.01 Å². The topological polar surface area (TPSA) is 70.4 Å². The summed E-state index contributed by atoms with van der Waals surface area (Å²) >= 11 is 0. The fraction of sp³-hybridized carbons (Fsp3) is 0.571. The van der Waals surface area contributed by atoms with Crippen molar-refractivity contribution in [2.75, 3.05) is 19.6 Å². The predicted octanol–water partition coefficient (Wildman–Crippen LogP) is -1.85. The lowest BCUT2D eigenvalue weighted by Crippen LogP contribution is -2.52. The van der Waals surface area contributed by atoms with Crippen molar-refractivity contribution in [2.45, 2.75) is 6.04 Å². The number of amides is 1. The van der Waals surface area contributed by atoms with Crippen LogP contribution in [0.15, 0.2) is 11.8 Å². The number of nitrogens with two attached hydrogens (primary N) is 1. The first-order chi connectivity index (χ1) is 5.77. The Balaban J connectivity index is 2.09. The van der Waals surface area contributed by atoms with Crippen LogP contribution in [0.1, 0.15) is 0 Å². The molecule has 0 radical (unpaired) electrons. The summed E-state index contributed by atoms with van der Waals surface area (Å²) in [6.07, 6.45) is 1.87. The van der Waals surface area contributed by atoms with Crippen LogP contribution in [-0.4, -0.2) is 36.6 Å². The molecule has 4 N–H and O–H groups in total. The maximum Gasteiger partial charge on any atom is 0.265 e. The first-order valence-electron chi connectivity index (χ1n) is 4.03. The van der Waals surface area contributed by atoms with Crippen LogP contribution in [0.25, 0.3) is 0 Å². The third-order valence-corrected chi connectivity index (χ3v) is 2.17. The van der Waals surface area contributed by atoms with Crippen LogP contribution in [0, 0.1) is 0 Å². The Hall–Kier alpha value is -1.07. The summed E-state index contributed by atoms with van der Waals surface area (Å²) in [4.78, 5) is 10.8. The highest BCUT2D eigenvalue weighted by Crippen LogP contribution is 2.11. The molecule has 2 aliphatic heterocycles. The zero-order chi connectivity index (χ0) is 8.55. The van der Waals surface area contributed by atoms with E-state index < -0.39 is 0 Å². The van der Waals surface area contributed by atoms with Gasteiger partial charge in [-0.05, 0) is 6.08 Å². The van der Waals surface area contributed by atoms with E-state index in [1.807, 2.05) is 11.1 Å². The molecule has 2 heterocycles. The van der Waals surface area contributed by atoms with Crippen LogP contribution in [0.3, 0.4) is 0 Å². The van der Waals surface area contributed by atoms with Crippen LogP contribution < -0.4 is 16.5 Å². The Bertz CT molecular complexity index is 238. The summed E-state index contributed by atoms with van der Waals surface area (Å²) < 4.78 is 0. The monoisotopic (exact) mass is 168 g/mol. The largest absolute Gasteiger partial charge is 0.364 e. The first kappa shape index (κ1) is 7.57. The molecule has 66 valence electrons. The number of nitrogens with zero attached hydrogens (tertiary/aromatic N) is 1. The third kappa shape index (κ3) is 1.17. The van der Waals surface area contributed by atoms with Gasteiger partial charge in [-0.3, -0.25) is 4.79 Å². The van der Waals surface area contributed by atoms with Gasteiger partial charge in [0, 0.05) is 19.6 Å². The molecule has 12 heavy (non-hydrogen) atoms. The molecule has 2 rings (SSSR count). The Morgan fingerprint density at radius 2 is 2.58 bits per heavy atom. The van der Waals surface area contributed by atoms with Crippen LogP contribution in [-0.2, 0) is 4.79 Å². The minimum Gasteiger partial charge on any atom is -0.364 e. The number of hydrogen-bond acceptors (Lipinski definition) is 4. The Morgan fingerprint density at radius 3 is 3.25 bits per heavy atom. The lowest BCUT2D eigenvalue weighted by Gasteiger charge is -2.29. The molecule has 1 amide bonds. The van der Waals surface area contributed by atoms with Crippen molar-refractivity contribution >= 4 is 5.91 Å². The molecule has 0 spiro atoms. The molecular formula is C7H12N4O. The number of hydrogen-bond donors (Lipinski definition) is 3. The van der Waals surface area contributed by atoms with E-state index >= 15 is 0 Å². The van der Waals surface area contributed by atoms with Gasteiger partial charge in [-0.1, -0.05) is 0 Å². The summed E-state index contributed by atoms with van der Waals surface area (Å²) in [6, 6.07) is 0.279. The lowest BCUT2D eigenvalue weighted by molar-refractivity contribution is -0.115. The quantitative estimate of drug-likeness (QED) is 0.430. The second-order valence-corrected chi connectivity index (χ2v) is 3.02.